The van der Waals surface area contributed by atoms with Gasteiger partial charge in [-0.25, -0.2) is 0 Å². The van der Waals surface area contributed by atoms with Crippen molar-refractivity contribution in [2.45, 2.75) is 32.3 Å². The minimum Gasteiger partial charge on any atom is -0.462 e. The average Bonchev–Trinajstić information content (AvgIpc) is 2.12. The zero-order valence-corrected chi connectivity index (χ0v) is 6.67. The first-order valence-electron chi connectivity index (χ1n) is 4.44. The van der Waals surface area contributed by atoms with E-state index in [-0.39, 0.29) is 17.5 Å². The van der Waals surface area contributed by atoms with Crippen molar-refractivity contribution in [3.63, 3.8) is 0 Å². The number of carbonyl (C=O) groups is 1. The summed E-state index contributed by atoms with van der Waals surface area (Å²) < 4.78 is 5.30. The van der Waals surface area contributed by atoms with Crippen LogP contribution in [0.25, 0.3) is 0 Å². The molecule has 0 aromatic heterocycles. The van der Waals surface area contributed by atoms with E-state index in [4.69, 9.17) is 4.74 Å². The third-order valence-electron chi connectivity index (χ3n) is 4.10. The summed E-state index contributed by atoms with van der Waals surface area (Å²) >= 11 is 0. The van der Waals surface area contributed by atoms with Crippen LogP contribution in [0.15, 0.2) is 0 Å². The Hall–Kier alpha value is -0.530. The summed E-state index contributed by atoms with van der Waals surface area (Å²) in [5.41, 5.74) is -0.0527. The molecule has 0 aromatic carbocycles. The molecule has 2 nitrogen and oxygen atoms in total. The van der Waals surface area contributed by atoms with Crippen LogP contribution in [0.4, 0.5) is 0 Å². The predicted octanol–water partition coefficient (Wildman–Crippen LogP) is 1.35. The van der Waals surface area contributed by atoms with Crippen LogP contribution in [-0.4, -0.2) is 12.1 Å². The Bertz CT molecular complexity index is 234. The highest BCUT2D eigenvalue weighted by Crippen LogP contribution is 2.64. The smallest absolute Gasteiger partial charge is 0.312 e. The lowest BCUT2D eigenvalue weighted by molar-refractivity contribution is -0.152. The van der Waals surface area contributed by atoms with E-state index in [1.54, 1.807) is 0 Å². The number of hydrogen-bond acceptors (Lipinski definition) is 2. The average molecular weight is 152 g/mol. The van der Waals surface area contributed by atoms with Crippen molar-refractivity contribution < 1.29 is 9.53 Å². The van der Waals surface area contributed by atoms with Gasteiger partial charge in [0.15, 0.2) is 0 Å². The quantitative estimate of drug-likeness (QED) is 0.490. The summed E-state index contributed by atoms with van der Waals surface area (Å²) in [7, 11) is 0. The lowest BCUT2D eigenvalue weighted by Gasteiger charge is -2.51. The minimum atomic E-state index is -0.0527. The van der Waals surface area contributed by atoms with Gasteiger partial charge in [0.25, 0.3) is 0 Å². The fourth-order valence-electron chi connectivity index (χ4n) is 3.18. The van der Waals surface area contributed by atoms with E-state index in [0.29, 0.717) is 11.8 Å². The third-order valence-corrected chi connectivity index (χ3v) is 4.10. The lowest BCUT2D eigenvalue weighted by atomic mass is 9.48. The highest BCUT2D eigenvalue weighted by atomic mass is 16.6. The Labute approximate surface area is 65.9 Å². The molecule has 11 heavy (non-hydrogen) atoms. The Morgan fingerprint density at radius 1 is 1.55 bits per heavy atom. The van der Waals surface area contributed by atoms with Gasteiger partial charge in [-0.05, 0) is 32.1 Å². The number of carbonyl (C=O) groups excluding carboxylic acids is 1. The molecule has 4 atom stereocenters. The Kier molecular flexibility index (Phi) is 0.809. The van der Waals surface area contributed by atoms with E-state index in [0.717, 1.165) is 6.42 Å². The van der Waals surface area contributed by atoms with Gasteiger partial charge in [-0.3, -0.25) is 4.79 Å². The van der Waals surface area contributed by atoms with Crippen molar-refractivity contribution in [3.05, 3.63) is 0 Å². The summed E-state index contributed by atoms with van der Waals surface area (Å²) in [5, 5.41) is 0. The van der Waals surface area contributed by atoms with Gasteiger partial charge < -0.3 is 4.74 Å². The lowest BCUT2D eigenvalue weighted by Crippen LogP contribution is -2.53. The van der Waals surface area contributed by atoms with E-state index >= 15 is 0 Å². The molecule has 4 bridgehead atoms. The van der Waals surface area contributed by atoms with Gasteiger partial charge in [-0.1, -0.05) is 0 Å². The summed E-state index contributed by atoms with van der Waals surface area (Å²) in [6.45, 7) is 2.09. The van der Waals surface area contributed by atoms with Crippen LogP contribution >= 0.6 is 0 Å². The van der Waals surface area contributed by atoms with Crippen molar-refractivity contribution in [1.82, 2.24) is 0 Å². The summed E-state index contributed by atoms with van der Waals surface area (Å²) in [6, 6.07) is 0. The Morgan fingerprint density at radius 2 is 2.36 bits per heavy atom. The van der Waals surface area contributed by atoms with Crippen LogP contribution in [0.3, 0.4) is 0 Å². The first-order valence-corrected chi connectivity index (χ1v) is 4.44. The monoisotopic (exact) mass is 152 g/mol. The second-order valence-corrected chi connectivity index (χ2v) is 4.34. The molecular weight excluding hydrogens is 140 g/mol. The number of rotatable bonds is 0. The van der Waals surface area contributed by atoms with E-state index in [2.05, 4.69) is 6.92 Å². The molecule has 0 unspecified atom stereocenters. The normalized spacial score (nSPS) is 58.6. The summed E-state index contributed by atoms with van der Waals surface area (Å²) in [5.74, 6) is 1.31. The molecule has 4 fully saturated rings. The third kappa shape index (κ3) is 0.445. The Balaban J connectivity index is 2.09. The molecule has 0 N–H and O–H groups in total. The molecule has 1 heterocycles. The molecule has 1 saturated heterocycles. The van der Waals surface area contributed by atoms with E-state index in [9.17, 15) is 4.79 Å². The number of esters is 1. The molecule has 0 radical (unpaired) electrons. The maximum Gasteiger partial charge on any atom is 0.312 e. The number of fused-ring (bicyclic) bond motifs is 1. The topological polar surface area (TPSA) is 26.3 Å². The van der Waals surface area contributed by atoms with Crippen molar-refractivity contribution in [2.24, 2.45) is 17.3 Å². The standard InChI is InChI=1S/C9H12O2/c1-9-5-2-3-7(6(9)4-5)11-8(9)10/h5-7H,2-4H2,1H3/t5-,6-,7-,9+/m0/s1. The van der Waals surface area contributed by atoms with Crippen LogP contribution in [-0.2, 0) is 9.53 Å². The molecule has 3 saturated carbocycles. The molecule has 0 aromatic rings. The van der Waals surface area contributed by atoms with Gasteiger partial charge in [0.1, 0.15) is 6.10 Å². The second kappa shape index (κ2) is 1.47. The first-order chi connectivity index (χ1) is 5.23. The molecule has 2 heteroatoms. The van der Waals surface area contributed by atoms with Crippen LogP contribution in [0.5, 0.6) is 0 Å². The van der Waals surface area contributed by atoms with Crippen LogP contribution in [0, 0.1) is 17.3 Å². The molecule has 0 amide bonds. The minimum absolute atomic E-state index is 0.0527. The fourth-order valence-corrected chi connectivity index (χ4v) is 3.18. The van der Waals surface area contributed by atoms with Gasteiger partial charge in [-0.15, -0.1) is 0 Å². The summed E-state index contributed by atoms with van der Waals surface area (Å²) in [4.78, 5) is 11.4. The molecule has 0 spiro atoms. The van der Waals surface area contributed by atoms with Gasteiger partial charge >= 0.3 is 5.97 Å². The predicted molar refractivity (Wildman–Crippen MR) is 38.8 cm³/mol. The molecule has 4 aliphatic rings. The SMILES string of the molecule is C[C@@]12C(=O)O[C@H]3CC[C@H]1C[C@@H]32. The zero-order chi connectivity index (χ0) is 7.64. The maximum absolute atomic E-state index is 11.4. The van der Waals surface area contributed by atoms with Gasteiger partial charge in [0.05, 0.1) is 5.41 Å². The number of ether oxygens (including phenoxy) is 1. The second-order valence-electron chi connectivity index (χ2n) is 4.34. The van der Waals surface area contributed by atoms with E-state index in [1.165, 1.54) is 12.8 Å². The molecule has 1 aliphatic heterocycles. The van der Waals surface area contributed by atoms with Crippen molar-refractivity contribution >= 4 is 5.97 Å². The number of hydrogen-bond donors (Lipinski definition) is 0. The van der Waals surface area contributed by atoms with Gasteiger partial charge in [0, 0.05) is 5.92 Å². The molecule has 3 aliphatic carbocycles. The van der Waals surface area contributed by atoms with E-state index < -0.39 is 0 Å². The highest BCUT2D eigenvalue weighted by molar-refractivity contribution is 5.81. The maximum atomic E-state index is 11.4. The largest absolute Gasteiger partial charge is 0.462 e. The Morgan fingerprint density at radius 3 is 2.91 bits per heavy atom. The van der Waals surface area contributed by atoms with Crippen LogP contribution < -0.4 is 0 Å². The van der Waals surface area contributed by atoms with Crippen molar-refractivity contribution in [1.29, 1.82) is 0 Å². The van der Waals surface area contributed by atoms with E-state index in [1.807, 2.05) is 0 Å². The fraction of sp³-hybridized carbons (Fsp3) is 0.889. The van der Waals surface area contributed by atoms with Gasteiger partial charge in [-0.2, -0.15) is 0 Å². The highest BCUT2D eigenvalue weighted by Gasteiger charge is 2.67. The summed E-state index contributed by atoms with van der Waals surface area (Å²) in [6.07, 6.45) is 3.87. The van der Waals surface area contributed by atoms with Crippen molar-refractivity contribution in [3.8, 4) is 0 Å². The van der Waals surface area contributed by atoms with Gasteiger partial charge in [0.2, 0.25) is 0 Å². The van der Waals surface area contributed by atoms with Crippen molar-refractivity contribution in [2.75, 3.05) is 0 Å². The molecular formula is C9H12O2. The molecule has 60 valence electrons. The molecule has 4 rings (SSSR count). The first kappa shape index (κ1) is 6.04. The van der Waals surface area contributed by atoms with Crippen LogP contribution in [0.1, 0.15) is 26.2 Å². The van der Waals surface area contributed by atoms with Crippen LogP contribution in [0.2, 0.25) is 0 Å². The zero-order valence-electron chi connectivity index (χ0n) is 6.67.